The number of nitrogens with one attached hydrogen (secondary N) is 1. The van der Waals surface area contributed by atoms with E-state index >= 15 is 0 Å². The number of nitrogens with zero attached hydrogens (tertiary/aromatic N) is 2. The molecule has 1 aliphatic heterocycles. The van der Waals surface area contributed by atoms with Crippen LogP contribution in [0.1, 0.15) is 13.3 Å². The Hall–Kier alpha value is -1.30. The lowest BCUT2D eigenvalue weighted by atomic mass is 10.3. The van der Waals surface area contributed by atoms with Crippen LogP contribution >= 0.6 is 23.2 Å². The Kier molecular flexibility index (Phi) is 6.06. The van der Waals surface area contributed by atoms with Crippen LogP contribution in [0.3, 0.4) is 0 Å². The molecule has 7 heteroatoms. The zero-order valence-electron chi connectivity index (χ0n) is 12.4. The Bertz CT molecular complexity index is 566. The van der Waals surface area contributed by atoms with Gasteiger partial charge in [-0.3, -0.25) is 14.5 Å². The maximum atomic E-state index is 12.1. The molecule has 1 saturated heterocycles. The number of amides is 2. The summed E-state index contributed by atoms with van der Waals surface area (Å²) in [4.78, 5) is 27.4. The molecule has 1 aliphatic rings. The van der Waals surface area contributed by atoms with Gasteiger partial charge < -0.3 is 10.2 Å². The molecular weight excluding hydrogens is 325 g/mol. The largest absolute Gasteiger partial charge is 0.342 e. The van der Waals surface area contributed by atoms with E-state index in [-0.39, 0.29) is 18.4 Å². The van der Waals surface area contributed by atoms with E-state index in [1.807, 2.05) is 9.80 Å². The number of rotatable bonds is 3. The molecule has 1 aromatic carbocycles. The van der Waals surface area contributed by atoms with E-state index < -0.39 is 0 Å². The van der Waals surface area contributed by atoms with Gasteiger partial charge in [0.1, 0.15) is 0 Å². The van der Waals surface area contributed by atoms with Gasteiger partial charge in [-0.2, -0.15) is 0 Å². The van der Waals surface area contributed by atoms with Crippen LogP contribution in [-0.4, -0.2) is 54.3 Å². The van der Waals surface area contributed by atoms with Gasteiger partial charge in [0.15, 0.2) is 0 Å². The minimum Gasteiger partial charge on any atom is -0.342 e. The Balaban J connectivity index is 1.89. The van der Waals surface area contributed by atoms with Gasteiger partial charge in [-0.05, 0) is 18.6 Å². The molecule has 1 fully saturated rings. The van der Waals surface area contributed by atoms with E-state index in [9.17, 15) is 9.59 Å². The Morgan fingerprint density at radius 3 is 2.68 bits per heavy atom. The molecule has 0 radical (unpaired) electrons. The molecule has 1 aromatic rings. The number of carbonyl (C=O) groups excluding carboxylic acids is 2. The number of anilines is 1. The van der Waals surface area contributed by atoms with Crippen molar-refractivity contribution in [3.63, 3.8) is 0 Å². The molecule has 120 valence electrons. The standard InChI is InChI=1S/C15H19Cl2N3O2/c1-11(21)20-7-3-6-19(8-9-20)10-14(22)18-13-5-2-4-12(16)15(13)17/h2,4-5H,3,6-10H2,1H3,(H,18,22). The molecule has 22 heavy (non-hydrogen) atoms. The highest BCUT2D eigenvalue weighted by Crippen LogP contribution is 2.29. The van der Waals surface area contributed by atoms with E-state index in [1.54, 1.807) is 25.1 Å². The van der Waals surface area contributed by atoms with E-state index in [4.69, 9.17) is 23.2 Å². The monoisotopic (exact) mass is 343 g/mol. The molecule has 1 N–H and O–H groups in total. The Morgan fingerprint density at radius 1 is 1.18 bits per heavy atom. The van der Waals surface area contributed by atoms with Crippen molar-refractivity contribution in [1.82, 2.24) is 9.80 Å². The van der Waals surface area contributed by atoms with Gasteiger partial charge in [0.25, 0.3) is 0 Å². The molecule has 0 saturated carbocycles. The van der Waals surface area contributed by atoms with Gasteiger partial charge in [0.05, 0.1) is 22.3 Å². The van der Waals surface area contributed by atoms with Crippen molar-refractivity contribution in [3.8, 4) is 0 Å². The lowest BCUT2D eigenvalue weighted by molar-refractivity contribution is -0.128. The summed E-state index contributed by atoms with van der Waals surface area (Å²) in [5, 5.41) is 3.53. The smallest absolute Gasteiger partial charge is 0.238 e. The second-order valence-corrected chi connectivity index (χ2v) is 6.07. The van der Waals surface area contributed by atoms with Crippen molar-refractivity contribution in [1.29, 1.82) is 0 Å². The fourth-order valence-corrected chi connectivity index (χ4v) is 2.78. The molecule has 0 aliphatic carbocycles. The van der Waals surface area contributed by atoms with Crippen LogP contribution in [0, 0.1) is 0 Å². The maximum absolute atomic E-state index is 12.1. The Labute approximate surface area is 140 Å². The quantitative estimate of drug-likeness (QED) is 0.917. The van der Waals surface area contributed by atoms with Gasteiger partial charge in [0.2, 0.25) is 11.8 Å². The highest BCUT2D eigenvalue weighted by Gasteiger charge is 2.18. The molecule has 0 spiro atoms. The summed E-state index contributed by atoms with van der Waals surface area (Å²) >= 11 is 12.0. The van der Waals surface area contributed by atoms with Gasteiger partial charge in [-0.15, -0.1) is 0 Å². The summed E-state index contributed by atoms with van der Waals surface area (Å²) in [6, 6.07) is 5.12. The van der Waals surface area contributed by atoms with Crippen molar-refractivity contribution in [2.45, 2.75) is 13.3 Å². The molecule has 0 aromatic heterocycles. The third-order valence-electron chi connectivity index (χ3n) is 3.63. The van der Waals surface area contributed by atoms with E-state index in [1.165, 1.54) is 0 Å². The summed E-state index contributed by atoms with van der Waals surface area (Å²) in [5.41, 5.74) is 0.513. The molecule has 2 amide bonds. The first-order valence-electron chi connectivity index (χ1n) is 7.19. The third-order valence-corrected chi connectivity index (χ3v) is 4.45. The van der Waals surface area contributed by atoms with Gasteiger partial charge in [-0.25, -0.2) is 0 Å². The predicted molar refractivity (Wildman–Crippen MR) is 88.4 cm³/mol. The van der Waals surface area contributed by atoms with Crippen molar-refractivity contribution in [2.75, 3.05) is 38.0 Å². The number of carbonyl (C=O) groups is 2. The molecule has 0 atom stereocenters. The number of hydrogen-bond acceptors (Lipinski definition) is 3. The topological polar surface area (TPSA) is 52.7 Å². The first-order valence-corrected chi connectivity index (χ1v) is 7.94. The van der Waals surface area contributed by atoms with Crippen LogP contribution < -0.4 is 5.32 Å². The zero-order valence-corrected chi connectivity index (χ0v) is 14.0. The zero-order chi connectivity index (χ0) is 16.1. The second-order valence-electron chi connectivity index (χ2n) is 5.29. The molecule has 0 unspecified atom stereocenters. The van der Waals surface area contributed by atoms with Gasteiger partial charge in [-0.1, -0.05) is 29.3 Å². The number of hydrogen-bond donors (Lipinski definition) is 1. The van der Waals surface area contributed by atoms with Crippen LogP contribution in [0.15, 0.2) is 18.2 Å². The maximum Gasteiger partial charge on any atom is 0.238 e. The summed E-state index contributed by atoms with van der Waals surface area (Å²) in [6.45, 7) is 4.73. The highest BCUT2D eigenvalue weighted by atomic mass is 35.5. The van der Waals surface area contributed by atoms with Crippen LogP contribution in [0.4, 0.5) is 5.69 Å². The SMILES string of the molecule is CC(=O)N1CCCN(CC(=O)Nc2cccc(Cl)c2Cl)CC1. The van der Waals surface area contributed by atoms with Crippen molar-refractivity contribution < 1.29 is 9.59 Å². The van der Waals surface area contributed by atoms with Crippen LogP contribution in [0.25, 0.3) is 0 Å². The first-order chi connectivity index (χ1) is 10.5. The van der Waals surface area contributed by atoms with E-state index in [0.29, 0.717) is 28.8 Å². The number of halogens is 2. The summed E-state index contributed by atoms with van der Waals surface area (Å²) in [5.74, 6) is -0.0579. The average molecular weight is 344 g/mol. The van der Waals surface area contributed by atoms with Gasteiger partial charge >= 0.3 is 0 Å². The minimum atomic E-state index is -0.138. The second kappa shape index (κ2) is 7.81. The Morgan fingerprint density at radius 2 is 1.95 bits per heavy atom. The number of benzene rings is 1. The molecular formula is C15H19Cl2N3O2. The van der Waals surface area contributed by atoms with Crippen LogP contribution in [-0.2, 0) is 9.59 Å². The highest BCUT2D eigenvalue weighted by molar-refractivity contribution is 6.43. The van der Waals surface area contributed by atoms with E-state index in [0.717, 1.165) is 19.5 Å². The molecule has 0 bridgehead atoms. The summed E-state index contributed by atoms with van der Waals surface area (Å²) in [6.07, 6.45) is 0.866. The van der Waals surface area contributed by atoms with Crippen molar-refractivity contribution in [2.24, 2.45) is 0 Å². The molecule has 2 rings (SSSR count). The molecule has 5 nitrogen and oxygen atoms in total. The molecule has 1 heterocycles. The third kappa shape index (κ3) is 4.60. The van der Waals surface area contributed by atoms with Crippen LogP contribution in [0.2, 0.25) is 10.0 Å². The fraction of sp³-hybridized carbons (Fsp3) is 0.467. The predicted octanol–water partition coefficient (Wildman–Crippen LogP) is 2.49. The van der Waals surface area contributed by atoms with Gasteiger partial charge in [0, 0.05) is 33.1 Å². The summed E-state index contributed by atoms with van der Waals surface area (Å²) < 4.78 is 0. The van der Waals surface area contributed by atoms with Crippen molar-refractivity contribution >= 4 is 40.7 Å². The minimum absolute atomic E-state index is 0.0806. The van der Waals surface area contributed by atoms with E-state index in [2.05, 4.69) is 5.32 Å². The normalized spacial score (nSPS) is 16.2. The fourth-order valence-electron chi connectivity index (χ4n) is 2.44. The lowest BCUT2D eigenvalue weighted by Crippen LogP contribution is -2.37. The van der Waals surface area contributed by atoms with Crippen molar-refractivity contribution in [3.05, 3.63) is 28.2 Å². The first kappa shape index (κ1) is 17.1. The average Bonchev–Trinajstić information content (AvgIpc) is 2.69. The lowest BCUT2D eigenvalue weighted by Gasteiger charge is -2.20. The van der Waals surface area contributed by atoms with Crippen LogP contribution in [0.5, 0.6) is 0 Å². The summed E-state index contributed by atoms with van der Waals surface area (Å²) in [7, 11) is 0.